The molecule has 0 saturated carbocycles. The van der Waals surface area contributed by atoms with Gasteiger partial charge in [0.05, 0.1) is 11.4 Å². The molecule has 0 atom stereocenters. The molecule has 0 aliphatic carbocycles. The van der Waals surface area contributed by atoms with Crippen LogP contribution in [0.5, 0.6) is 11.5 Å². The third-order valence-corrected chi connectivity index (χ3v) is 5.14. The van der Waals surface area contributed by atoms with Crippen molar-refractivity contribution in [2.75, 3.05) is 37.1 Å². The van der Waals surface area contributed by atoms with E-state index in [4.69, 9.17) is 14.6 Å². The normalized spacial score (nSPS) is 16.2. The Bertz CT molecular complexity index is 729. The van der Waals surface area contributed by atoms with E-state index in [9.17, 15) is 0 Å². The molecule has 0 fully saturated rings. The first-order valence-corrected chi connectivity index (χ1v) is 10.00. The van der Waals surface area contributed by atoms with Crippen molar-refractivity contribution in [3.8, 4) is 17.2 Å². The molecule has 0 bridgehead atoms. The van der Waals surface area contributed by atoms with Crippen LogP contribution in [0.25, 0.3) is 5.69 Å². The molecule has 0 unspecified atom stereocenters. The zero-order chi connectivity index (χ0) is 16.4. The molecule has 1 aromatic carbocycles. The molecule has 0 radical (unpaired) electrons. The van der Waals surface area contributed by atoms with Crippen molar-refractivity contribution in [3.63, 3.8) is 0 Å². The summed E-state index contributed by atoms with van der Waals surface area (Å²) >= 11 is 1.87. The second-order valence-corrected chi connectivity index (χ2v) is 7.13. The molecular formula is C18H23N3O2S. The number of thioether (sulfide) groups is 1. The largest absolute Gasteiger partial charge is 0.486 e. The van der Waals surface area contributed by atoms with Crippen molar-refractivity contribution in [1.82, 2.24) is 9.78 Å². The zero-order valence-electron chi connectivity index (χ0n) is 14.0. The van der Waals surface area contributed by atoms with Gasteiger partial charge in [-0.15, -0.1) is 0 Å². The van der Waals surface area contributed by atoms with Crippen LogP contribution in [0.2, 0.25) is 0 Å². The van der Waals surface area contributed by atoms with Crippen molar-refractivity contribution < 1.29 is 9.47 Å². The number of hydrogen-bond acceptors (Lipinski definition) is 5. The Hall–Kier alpha value is -1.82. The zero-order valence-corrected chi connectivity index (χ0v) is 14.8. The third kappa shape index (κ3) is 2.95. The van der Waals surface area contributed by atoms with Crippen LogP contribution in [-0.2, 0) is 12.8 Å². The van der Waals surface area contributed by atoms with Gasteiger partial charge in [-0.2, -0.15) is 16.9 Å². The maximum atomic E-state index is 5.74. The molecule has 2 aliphatic heterocycles. The Morgan fingerprint density at radius 2 is 2.08 bits per heavy atom. The number of nitrogens with zero attached hydrogens (tertiary/aromatic N) is 2. The number of nitrogens with one attached hydrogen (secondary N) is 1. The lowest BCUT2D eigenvalue weighted by atomic mass is 10.1. The smallest absolute Gasteiger partial charge is 0.163 e. The van der Waals surface area contributed by atoms with Gasteiger partial charge in [0.15, 0.2) is 11.5 Å². The fourth-order valence-electron chi connectivity index (χ4n) is 3.32. The third-order valence-electron chi connectivity index (χ3n) is 4.53. The van der Waals surface area contributed by atoms with Crippen LogP contribution in [0.4, 0.5) is 5.82 Å². The van der Waals surface area contributed by atoms with Gasteiger partial charge in [0, 0.05) is 24.6 Å². The molecule has 128 valence electrons. The number of aromatic nitrogens is 2. The second-order valence-electron chi connectivity index (χ2n) is 6.14. The lowest BCUT2D eigenvalue weighted by Crippen LogP contribution is -2.15. The summed E-state index contributed by atoms with van der Waals surface area (Å²) in [7, 11) is 0. The quantitative estimate of drug-likeness (QED) is 0.921. The molecule has 2 aliphatic rings. The fraction of sp³-hybridized carbons (Fsp3) is 0.500. The van der Waals surface area contributed by atoms with Gasteiger partial charge in [-0.1, -0.05) is 0 Å². The highest BCUT2D eigenvalue weighted by Gasteiger charge is 2.21. The van der Waals surface area contributed by atoms with Gasteiger partial charge < -0.3 is 14.8 Å². The van der Waals surface area contributed by atoms with Crippen LogP contribution in [0.15, 0.2) is 18.2 Å². The molecule has 2 aromatic rings. The minimum absolute atomic E-state index is 0.602. The monoisotopic (exact) mass is 345 g/mol. The molecule has 1 N–H and O–H groups in total. The van der Waals surface area contributed by atoms with E-state index < -0.39 is 0 Å². The number of rotatable bonds is 4. The van der Waals surface area contributed by atoms with Crippen LogP contribution in [-0.4, -0.2) is 41.5 Å². The maximum absolute atomic E-state index is 5.74. The van der Waals surface area contributed by atoms with E-state index in [-0.39, 0.29) is 0 Å². The minimum atomic E-state index is 0.602. The van der Waals surface area contributed by atoms with E-state index in [1.54, 1.807) is 0 Å². The first-order valence-electron chi connectivity index (χ1n) is 8.60. The SMILES string of the molecule is CSCCc1nn(-c2ccc3c(c2)OCCO3)c2c1CCCCN2. The molecule has 6 heteroatoms. The number of aryl methyl sites for hydroxylation is 1. The van der Waals surface area contributed by atoms with E-state index in [0.717, 1.165) is 48.1 Å². The minimum Gasteiger partial charge on any atom is -0.486 e. The van der Waals surface area contributed by atoms with Crippen molar-refractivity contribution >= 4 is 17.6 Å². The van der Waals surface area contributed by atoms with E-state index in [1.165, 1.54) is 24.1 Å². The van der Waals surface area contributed by atoms with Crippen LogP contribution in [0, 0.1) is 0 Å². The first kappa shape index (κ1) is 15.7. The molecular weight excluding hydrogens is 322 g/mol. The summed E-state index contributed by atoms with van der Waals surface area (Å²) < 4.78 is 13.4. The van der Waals surface area contributed by atoms with Crippen LogP contribution < -0.4 is 14.8 Å². The predicted molar refractivity (Wildman–Crippen MR) is 98.1 cm³/mol. The summed E-state index contributed by atoms with van der Waals surface area (Å²) in [4.78, 5) is 0. The lowest BCUT2D eigenvalue weighted by Gasteiger charge is -2.19. The Kier molecular flexibility index (Phi) is 4.56. The molecule has 5 nitrogen and oxygen atoms in total. The van der Waals surface area contributed by atoms with E-state index in [2.05, 4.69) is 22.3 Å². The fourth-order valence-corrected chi connectivity index (χ4v) is 3.72. The van der Waals surface area contributed by atoms with Gasteiger partial charge in [-0.05, 0) is 43.4 Å². The number of ether oxygens (including phenoxy) is 2. The molecule has 0 amide bonds. The van der Waals surface area contributed by atoms with Crippen molar-refractivity contribution in [2.45, 2.75) is 25.7 Å². The van der Waals surface area contributed by atoms with E-state index in [1.807, 2.05) is 23.9 Å². The Balaban J connectivity index is 1.75. The Morgan fingerprint density at radius 1 is 1.21 bits per heavy atom. The average Bonchev–Trinajstić information content (AvgIpc) is 2.80. The molecule has 0 spiro atoms. The van der Waals surface area contributed by atoms with Gasteiger partial charge in [0.1, 0.15) is 19.0 Å². The van der Waals surface area contributed by atoms with Crippen LogP contribution >= 0.6 is 11.8 Å². The van der Waals surface area contributed by atoms with Gasteiger partial charge in [-0.3, -0.25) is 0 Å². The summed E-state index contributed by atoms with van der Waals surface area (Å²) in [5.74, 6) is 3.88. The Labute approximate surface area is 146 Å². The highest BCUT2D eigenvalue weighted by atomic mass is 32.2. The molecule has 0 saturated heterocycles. The van der Waals surface area contributed by atoms with E-state index in [0.29, 0.717) is 13.2 Å². The highest BCUT2D eigenvalue weighted by Crippen LogP contribution is 2.34. The molecule has 3 heterocycles. The van der Waals surface area contributed by atoms with Crippen molar-refractivity contribution in [1.29, 1.82) is 0 Å². The molecule has 24 heavy (non-hydrogen) atoms. The highest BCUT2D eigenvalue weighted by molar-refractivity contribution is 7.98. The molecule has 4 rings (SSSR count). The van der Waals surface area contributed by atoms with Crippen molar-refractivity contribution in [2.24, 2.45) is 0 Å². The Morgan fingerprint density at radius 3 is 2.96 bits per heavy atom. The average molecular weight is 345 g/mol. The van der Waals surface area contributed by atoms with E-state index >= 15 is 0 Å². The molecule has 1 aromatic heterocycles. The number of benzene rings is 1. The standard InChI is InChI=1S/C18H23N3O2S/c1-24-11-7-15-14-4-2-3-8-19-18(14)21(20-15)13-5-6-16-17(12-13)23-10-9-22-16/h5-6,12,19H,2-4,7-11H2,1H3. The first-order chi connectivity index (χ1) is 11.9. The summed E-state index contributed by atoms with van der Waals surface area (Å²) in [6, 6.07) is 6.08. The van der Waals surface area contributed by atoms with Gasteiger partial charge >= 0.3 is 0 Å². The second kappa shape index (κ2) is 6.97. The summed E-state index contributed by atoms with van der Waals surface area (Å²) in [5.41, 5.74) is 3.64. The van der Waals surface area contributed by atoms with Gasteiger partial charge in [0.25, 0.3) is 0 Å². The van der Waals surface area contributed by atoms with Gasteiger partial charge in [-0.25, -0.2) is 4.68 Å². The van der Waals surface area contributed by atoms with Gasteiger partial charge in [0.2, 0.25) is 0 Å². The number of hydrogen-bond donors (Lipinski definition) is 1. The van der Waals surface area contributed by atoms with Crippen molar-refractivity contribution in [3.05, 3.63) is 29.5 Å². The summed E-state index contributed by atoms with van der Waals surface area (Å²) in [5, 5.41) is 8.53. The number of anilines is 1. The van der Waals surface area contributed by atoms with Crippen LogP contribution in [0.1, 0.15) is 24.1 Å². The maximum Gasteiger partial charge on any atom is 0.163 e. The number of fused-ring (bicyclic) bond motifs is 2. The lowest BCUT2D eigenvalue weighted by molar-refractivity contribution is 0.171. The summed E-state index contributed by atoms with van der Waals surface area (Å²) in [6.07, 6.45) is 6.70. The summed E-state index contributed by atoms with van der Waals surface area (Å²) in [6.45, 7) is 2.22. The predicted octanol–water partition coefficient (Wildman–Crippen LogP) is 3.30. The van der Waals surface area contributed by atoms with Crippen LogP contribution in [0.3, 0.4) is 0 Å². The topological polar surface area (TPSA) is 48.3 Å².